The summed E-state index contributed by atoms with van der Waals surface area (Å²) in [6.07, 6.45) is 0.254. The third-order valence-electron chi connectivity index (χ3n) is 3.98. The third-order valence-corrected chi connectivity index (χ3v) is 4.22. The molecule has 30 heavy (non-hydrogen) atoms. The van der Waals surface area contributed by atoms with E-state index in [2.05, 4.69) is 10.6 Å². The van der Waals surface area contributed by atoms with Gasteiger partial charge >= 0.3 is 5.97 Å². The van der Waals surface area contributed by atoms with Crippen molar-refractivity contribution in [1.82, 2.24) is 0 Å². The Kier molecular flexibility index (Phi) is 8.30. The summed E-state index contributed by atoms with van der Waals surface area (Å²) in [6.45, 7) is 1.36. The number of carbonyl (C=O) groups excluding carboxylic acids is 3. The lowest BCUT2D eigenvalue weighted by atomic mass is 10.2. The molecule has 158 valence electrons. The van der Waals surface area contributed by atoms with Crippen LogP contribution in [0, 0.1) is 17.0 Å². The van der Waals surface area contributed by atoms with Crippen LogP contribution in [-0.4, -0.2) is 29.3 Å². The van der Waals surface area contributed by atoms with Gasteiger partial charge in [0.2, 0.25) is 5.91 Å². The van der Waals surface area contributed by atoms with Crippen LogP contribution in [0.5, 0.6) is 0 Å². The summed E-state index contributed by atoms with van der Waals surface area (Å²) in [6, 6.07) is 10.5. The second-order valence-electron chi connectivity index (χ2n) is 6.37. The summed E-state index contributed by atoms with van der Waals surface area (Å²) in [5.41, 5.74) is 1.69. The number of esters is 1. The molecule has 0 aliphatic carbocycles. The minimum atomic E-state index is -0.601. The van der Waals surface area contributed by atoms with Crippen molar-refractivity contribution in [1.29, 1.82) is 0 Å². The van der Waals surface area contributed by atoms with E-state index < -0.39 is 23.4 Å². The highest BCUT2D eigenvalue weighted by Crippen LogP contribution is 2.20. The topological polar surface area (TPSA) is 128 Å². The van der Waals surface area contributed by atoms with E-state index in [9.17, 15) is 24.5 Å². The second kappa shape index (κ2) is 10.9. The summed E-state index contributed by atoms with van der Waals surface area (Å²) in [5.74, 6) is -1.44. The Labute approximate surface area is 177 Å². The van der Waals surface area contributed by atoms with Crippen LogP contribution in [0.15, 0.2) is 42.5 Å². The van der Waals surface area contributed by atoms with Gasteiger partial charge in [-0.25, -0.2) is 0 Å². The van der Waals surface area contributed by atoms with Gasteiger partial charge in [-0.2, -0.15) is 0 Å². The van der Waals surface area contributed by atoms with Crippen LogP contribution in [0.1, 0.15) is 24.8 Å². The van der Waals surface area contributed by atoms with Crippen molar-refractivity contribution in [2.45, 2.75) is 26.2 Å². The van der Waals surface area contributed by atoms with Gasteiger partial charge in [-0.1, -0.05) is 17.7 Å². The molecule has 2 aromatic rings. The molecular weight excluding hydrogens is 414 g/mol. The summed E-state index contributed by atoms with van der Waals surface area (Å²) in [5, 5.41) is 16.3. The molecule has 0 saturated carbocycles. The summed E-state index contributed by atoms with van der Waals surface area (Å²) in [7, 11) is 0. The van der Waals surface area contributed by atoms with E-state index >= 15 is 0 Å². The first-order valence-electron chi connectivity index (χ1n) is 9.00. The van der Waals surface area contributed by atoms with Gasteiger partial charge < -0.3 is 15.4 Å². The second-order valence-corrected chi connectivity index (χ2v) is 6.81. The molecule has 0 unspecified atom stereocenters. The Bertz CT molecular complexity index is 946. The molecule has 2 rings (SSSR count). The minimum Gasteiger partial charge on any atom is -0.456 e. The van der Waals surface area contributed by atoms with Crippen LogP contribution in [0.25, 0.3) is 0 Å². The Hall–Kier alpha value is -3.46. The molecule has 0 heterocycles. The van der Waals surface area contributed by atoms with Gasteiger partial charge in [0.25, 0.3) is 11.6 Å². The number of ether oxygens (including phenoxy) is 1. The van der Waals surface area contributed by atoms with Crippen LogP contribution >= 0.6 is 11.6 Å². The van der Waals surface area contributed by atoms with E-state index in [0.29, 0.717) is 16.4 Å². The van der Waals surface area contributed by atoms with Crippen LogP contribution in [0.3, 0.4) is 0 Å². The Balaban J connectivity index is 1.66. The number of nitrogens with zero attached hydrogens (tertiary/aromatic N) is 1. The molecule has 0 aliphatic heterocycles. The lowest BCUT2D eigenvalue weighted by Gasteiger charge is -2.09. The van der Waals surface area contributed by atoms with Crippen molar-refractivity contribution in [3.8, 4) is 0 Å². The zero-order chi connectivity index (χ0) is 22.1. The predicted molar refractivity (Wildman–Crippen MR) is 111 cm³/mol. The van der Waals surface area contributed by atoms with E-state index in [1.807, 2.05) is 0 Å². The molecule has 0 radical (unpaired) electrons. The fourth-order valence-electron chi connectivity index (χ4n) is 2.42. The molecule has 0 fully saturated rings. The van der Waals surface area contributed by atoms with Crippen LogP contribution in [0.2, 0.25) is 5.02 Å². The molecule has 9 nitrogen and oxygen atoms in total. The molecule has 0 aromatic heterocycles. The minimum absolute atomic E-state index is 0.0306. The number of rotatable bonds is 9. The number of nitro groups is 1. The number of non-ortho nitro benzene ring substituents is 1. The molecule has 0 atom stereocenters. The van der Waals surface area contributed by atoms with Gasteiger partial charge in [-0.3, -0.25) is 24.5 Å². The highest BCUT2D eigenvalue weighted by Gasteiger charge is 2.11. The zero-order valence-electron chi connectivity index (χ0n) is 16.1. The van der Waals surface area contributed by atoms with Gasteiger partial charge in [0.15, 0.2) is 6.61 Å². The van der Waals surface area contributed by atoms with Crippen molar-refractivity contribution in [3.05, 3.63) is 63.2 Å². The number of carbonyl (C=O) groups is 3. The SMILES string of the molecule is Cc1ccc(Cl)cc1NC(=O)COC(=O)CCCC(=O)Nc1ccc([N+](=O)[O-])cc1. The monoisotopic (exact) mass is 433 g/mol. The molecule has 2 N–H and O–H groups in total. The van der Waals surface area contributed by atoms with E-state index in [-0.39, 0.29) is 30.9 Å². The van der Waals surface area contributed by atoms with Gasteiger partial charge in [0.05, 0.1) is 4.92 Å². The number of hydrogen-bond donors (Lipinski definition) is 2. The van der Waals surface area contributed by atoms with E-state index in [1.54, 1.807) is 25.1 Å². The number of benzene rings is 2. The van der Waals surface area contributed by atoms with Gasteiger partial charge in [-0.05, 0) is 43.2 Å². The van der Waals surface area contributed by atoms with Gasteiger partial charge in [-0.15, -0.1) is 0 Å². The summed E-state index contributed by atoms with van der Waals surface area (Å²) < 4.78 is 4.90. The Morgan fingerprint density at radius 3 is 2.40 bits per heavy atom. The molecule has 2 amide bonds. The van der Waals surface area contributed by atoms with E-state index in [0.717, 1.165) is 5.56 Å². The van der Waals surface area contributed by atoms with Crippen molar-refractivity contribution < 1.29 is 24.0 Å². The number of amides is 2. The van der Waals surface area contributed by atoms with Crippen molar-refractivity contribution in [3.63, 3.8) is 0 Å². The van der Waals surface area contributed by atoms with Gasteiger partial charge in [0, 0.05) is 41.4 Å². The van der Waals surface area contributed by atoms with Crippen molar-refractivity contribution >= 4 is 46.4 Å². The first-order valence-corrected chi connectivity index (χ1v) is 9.38. The standard InChI is InChI=1S/C20H20ClN3O6/c1-13-5-6-14(21)11-17(13)23-19(26)12-30-20(27)4-2-3-18(25)22-15-7-9-16(10-8-15)24(28)29/h5-11H,2-4,12H2,1H3,(H,22,25)(H,23,26). The van der Waals surface area contributed by atoms with Gasteiger partial charge in [0.1, 0.15) is 0 Å². The predicted octanol–water partition coefficient (Wildman–Crippen LogP) is 3.85. The smallest absolute Gasteiger partial charge is 0.306 e. The first-order chi connectivity index (χ1) is 14.2. The molecule has 0 aliphatic rings. The number of hydrogen-bond acceptors (Lipinski definition) is 6. The largest absolute Gasteiger partial charge is 0.456 e. The maximum atomic E-state index is 11.9. The van der Waals surface area contributed by atoms with Crippen molar-refractivity contribution in [2.24, 2.45) is 0 Å². The highest BCUT2D eigenvalue weighted by molar-refractivity contribution is 6.31. The summed E-state index contributed by atoms with van der Waals surface area (Å²) in [4.78, 5) is 45.6. The van der Waals surface area contributed by atoms with E-state index in [4.69, 9.17) is 16.3 Å². The Morgan fingerprint density at radius 1 is 1.03 bits per heavy atom. The molecular formula is C20H20ClN3O6. The molecule has 0 bridgehead atoms. The molecule has 0 spiro atoms. The number of halogens is 1. The molecule has 10 heteroatoms. The number of aryl methyl sites for hydroxylation is 1. The normalized spacial score (nSPS) is 10.2. The van der Waals surface area contributed by atoms with Crippen molar-refractivity contribution in [2.75, 3.05) is 17.2 Å². The van der Waals surface area contributed by atoms with Crippen LogP contribution in [0.4, 0.5) is 17.1 Å². The quantitative estimate of drug-likeness (QED) is 0.351. The average Bonchev–Trinajstić information content (AvgIpc) is 2.69. The Morgan fingerprint density at radius 2 is 1.73 bits per heavy atom. The maximum absolute atomic E-state index is 11.9. The lowest BCUT2D eigenvalue weighted by Crippen LogP contribution is -2.21. The fraction of sp³-hybridized carbons (Fsp3) is 0.250. The maximum Gasteiger partial charge on any atom is 0.306 e. The summed E-state index contributed by atoms with van der Waals surface area (Å²) >= 11 is 5.88. The van der Waals surface area contributed by atoms with Crippen LogP contribution in [-0.2, 0) is 19.1 Å². The zero-order valence-corrected chi connectivity index (χ0v) is 16.9. The molecule has 2 aromatic carbocycles. The molecule has 0 saturated heterocycles. The first kappa shape index (κ1) is 22.8. The number of nitrogens with one attached hydrogen (secondary N) is 2. The van der Waals surface area contributed by atoms with E-state index in [1.165, 1.54) is 24.3 Å². The average molecular weight is 434 g/mol. The number of anilines is 2. The fourth-order valence-corrected chi connectivity index (χ4v) is 2.59. The highest BCUT2D eigenvalue weighted by atomic mass is 35.5. The lowest BCUT2D eigenvalue weighted by molar-refractivity contribution is -0.384. The number of nitro benzene ring substituents is 1. The van der Waals surface area contributed by atoms with Crippen LogP contribution < -0.4 is 10.6 Å². The third kappa shape index (κ3) is 7.51.